The second-order valence-corrected chi connectivity index (χ2v) is 6.77. The highest BCUT2D eigenvalue weighted by Gasteiger charge is 2.49. The summed E-state index contributed by atoms with van der Waals surface area (Å²) in [5.41, 5.74) is -0.945. The van der Waals surface area contributed by atoms with Crippen molar-refractivity contribution in [2.75, 3.05) is 13.1 Å². The van der Waals surface area contributed by atoms with Crippen molar-refractivity contribution in [3.63, 3.8) is 0 Å². The predicted octanol–water partition coefficient (Wildman–Crippen LogP) is -0.311. The Labute approximate surface area is 89.9 Å². The van der Waals surface area contributed by atoms with Crippen molar-refractivity contribution < 1.29 is 13.2 Å². The van der Waals surface area contributed by atoms with E-state index in [1.54, 1.807) is 13.8 Å². The van der Waals surface area contributed by atoms with E-state index < -0.39 is 15.6 Å². The third-order valence-corrected chi connectivity index (χ3v) is 5.60. The van der Waals surface area contributed by atoms with Crippen LogP contribution in [-0.4, -0.2) is 42.5 Å². The zero-order chi connectivity index (χ0) is 11.3. The maximum Gasteiger partial charge on any atom is 0.241 e. The lowest BCUT2D eigenvalue weighted by Gasteiger charge is -2.39. The van der Waals surface area contributed by atoms with Crippen LogP contribution in [0.2, 0.25) is 0 Å². The molecule has 0 atom stereocenters. The molecule has 0 unspecified atom stereocenters. The molecule has 0 spiro atoms. The Morgan fingerprint density at radius 1 is 1.40 bits per heavy atom. The van der Waals surface area contributed by atoms with E-state index in [1.807, 2.05) is 0 Å². The monoisotopic (exact) mass is 232 g/mol. The highest BCUT2D eigenvalue weighted by atomic mass is 32.2. The SMILES string of the molecule is CC1(C)C(=O)NCCN1S(=O)(=O)C1CC1. The molecule has 0 aromatic carbocycles. The van der Waals surface area contributed by atoms with Crippen LogP contribution in [0.4, 0.5) is 0 Å². The van der Waals surface area contributed by atoms with Gasteiger partial charge >= 0.3 is 0 Å². The molecule has 0 radical (unpaired) electrons. The van der Waals surface area contributed by atoms with Crippen LogP contribution in [0.3, 0.4) is 0 Å². The van der Waals surface area contributed by atoms with E-state index in [0.717, 1.165) is 12.8 Å². The van der Waals surface area contributed by atoms with Gasteiger partial charge in [-0.3, -0.25) is 4.79 Å². The van der Waals surface area contributed by atoms with Gasteiger partial charge < -0.3 is 5.32 Å². The van der Waals surface area contributed by atoms with E-state index in [-0.39, 0.29) is 11.2 Å². The fraction of sp³-hybridized carbons (Fsp3) is 0.889. The third kappa shape index (κ3) is 1.65. The summed E-state index contributed by atoms with van der Waals surface area (Å²) < 4.78 is 25.5. The lowest BCUT2D eigenvalue weighted by atomic mass is 10.0. The molecular weight excluding hydrogens is 216 g/mol. The Balaban J connectivity index is 2.31. The normalized spacial score (nSPS) is 27.5. The van der Waals surface area contributed by atoms with Gasteiger partial charge in [0.15, 0.2) is 0 Å². The van der Waals surface area contributed by atoms with E-state index in [9.17, 15) is 13.2 Å². The fourth-order valence-electron chi connectivity index (χ4n) is 1.87. The Morgan fingerprint density at radius 3 is 2.53 bits per heavy atom. The fourth-order valence-corrected chi connectivity index (χ4v) is 4.03. The second-order valence-electron chi connectivity index (χ2n) is 4.63. The average Bonchev–Trinajstić information content (AvgIpc) is 2.91. The van der Waals surface area contributed by atoms with Gasteiger partial charge in [-0.15, -0.1) is 0 Å². The maximum absolute atomic E-state index is 12.1. The largest absolute Gasteiger partial charge is 0.353 e. The van der Waals surface area contributed by atoms with Crippen LogP contribution in [-0.2, 0) is 14.8 Å². The predicted molar refractivity (Wildman–Crippen MR) is 55.7 cm³/mol. The van der Waals surface area contributed by atoms with Crippen LogP contribution in [0.15, 0.2) is 0 Å². The molecule has 0 bridgehead atoms. The van der Waals surface area contributed by atoms with E-state index >= 15 is 0 Å². The second kappa shape index (κ2) is 3.18. The van der Waals surface area contributed by atoms with Gasteiger partial charge in [0.2, 0.25) is 15.9 Å². The zero-order valence-electron chi connectivity index (χ0n) is 8.99. The van der Waals surface area contributed by atoms with E-state index in [2.05, 4.69) is 5.32 Å². The number of rotatable bonds is 2. The number of carbonyl (C=O) groups is 1. The molecule has 1 saturated carbocycles. The summed E-state index contributed by atoms with van der Waals surface area (Å²) in [7, 11) is -3.26. The van der Waals surface area contributed by atoms with E-state index in [1.165, 1.54) is 4.31 Å². The van der Waals surface area contributed by atoms with Crippen molar-refractivity contribution in [1.82, 2.24) is 9.62 Å². The molecule has 2 fully saturated rings. The highest BCUT2D eigenvalue weighted by molar-refractivity contribution is 7.90. The first-order chi connectivity index (χ1) is 6.87. The first kappa shape index (κ1) is 10.9. The van der Waals surface area contributed by atoms with Crippen LogP contribution in [0.1, 0.15) is 26.7 Å². The number of piperazine rings is 1. The number of nitrogens with zero attached hydrogens (tertiary/aromatic N) is 1. The van der Waals surface area contributed by atoms with Gasteiger partial charge in [0, 0.05) is 13.1 Å². The smallest absolute Gasteiger partial charge is 0.241 e. The molecule has 1 heterocycles. The molecular formula is C9H16N2O3S. The summed E-state index contributed by atoms with van der Waals surface area (Å²) in [6.45, 7) is 4.11. The molecule has 0 aromatic rings. The van der Waals surface area contributed by atoms with Crippen molar-refractivity contribution in [1.29, 1.82) is 0 Å². The van der Waals surface area contributed by atoms with Crippen molar-refractivity contribution in [2.45, 2.75) is 37.5 Å². The molecule has 1 aliphatic heterocycles. The molecule has 1 N–H and O–H groups in total. The number of nitrogens with one attached hydrogen (secondary N) is 1. The van der Waals surface area contributed by atoms with Gasteiger partial charge in [-0.1, -0.05) is 0 Å². The molecule has 6 heteroatoms. The summed E-state index contributed by atoms with van der Waals surface area (Å²) in [6.07, 6.45) is 1.47. The quantitative estimate of drug-likeness (QED) is 0.710. The van der Waals surface area contributed by atoms with Gasteiger partial charge in [0.1, 0.15) is 5.54 Å². The van der Waals surface area contributed by atoms with E-state index in [0.29, 0.717) is 13.1 Å². The van der Waals surface area contributed by atoms with Gasteiger partial charge in [0.25, 0.3) is 0 Å². The van der Waals surface area contributed by atoms with Gasteiger partial charge in [-0.05, 0) is 26.7 Å². The molecule has 2 aliphatic rings. The van der Waals surface area contributed by atoms with Crippen LogP contribution >= 0.6 is 0 Å². The number of hydrogen-bond acceptors (Lipinski definition) is 3. The molecule has 0 aromatic heterocycles. The summed E-state index contributed by atoms with van der Waals surface area (Å²) >= 11 is 0. The molecule has 1 amide bonds. The lowest BCUT2D eigenvalue weighted by Crippen LogP contribution is -2.63. The van der Waals surface area contributed by atoms with Crippen LogP contribution in [0.5, 0.6) is 0 Å². The summed E-state index contributed by atoms with van der Waals surface area (Å²) in [6, 6.07) is 0. The van der Waals surface area contributed by atoms with Crippen molar-refractivity contribution in [3.05, 3.63) is 0 Å². The molecule has 2 rings (SSSR count). The standard InChI is InChI=1S/C9H16N2O3S/c1-9(2)8(12)10-5-6-11(9)15(13,14)7-3-4-7/h7H,3-6H2,1-2H3,(H,10,12). The number of hydrogen-bond donors (Lipinski definition) is 1. The molecule has 5 nitrogen and oxygen atoms in total. The molecule has 1 aliphatic carbocycles. The average molecular weight is 232 g/mol. The number of sulfonamides is 1. The summed E-state index contributed by atoms with van der Waals surface area (Å²) in [5.74, 6) is -0.210. The van der Waals surface area contributed by atoms with Crippen molar-refractivity contribution in [3.8, 4) is 0 Å². The van der Waals surface area contributed by atoms with Crippen molar-refractivity contribution in [2.24, 2.45) is 0 Å². The summed E-state index contributed by atoms with van der Waals surface area (Å²) in [4.78, 5) is 11.6. The minimum Gasteiger partial charge on any atom is -0.353 e. The lowest BCUT2D eigenvalue weighted by molar-refractivity contribution is -0.131. The van der Waals surface area contributed by atoms with Crippen LogP contribution < -0.4 is 5.32 Å². The zero-order valence-corrected chi connectivity index (χ0v) is 9.80. The topological polar surface area (TPSA) is 66.5 Å². The Morgan fingerprint density at radius 2 is 2.00 bits per heavy atom. The first-order valence-electron chi connectivity index (χ1n) is 5.17. The summed E-state index contributed by atoms with van der Waals surface area (Å²) in [5, 5.41) is 2.44. The van der Waals surface area contributed by atoms with E-state index in [4.69, 9.17) is 0 Å². The third-order valence-electron chi connectivity index (χ3n) is 3.03. The minimum absolute atomic E-state index is 0.210. The Bertz CT molecular complexity index is 384. The van der Waals surface area contributed by atoms with Gasteiger partial charge in [-0.2, -0.15) is 4.31 Å². The maximum atomic E-state index is 12.1. The number of carbonyl (C=O) groups excluding carboxylic acids is 1. The highest BCUT2D eigenvalue weighted by Crippen LogP contribution is 2.34. The molecule has 1 saturated heterocycles. The van der Waals surface area contributed by atoms with Gasteiger partial charge in [0.05, 0.1) is 5.25 Å². The number of amides is 1. The Hall–Kier alpha value is -0.620. The molecule has 86 valence electrons. The Kier molecular flexibility index (Phi) is 2.31. The van der Waals surface area contributed by atoms with Crippen LogP contribution in [0.25, 0.3) is 0 Å². The minimum atomic E-state index is -3.26. The van der Waals surface area contributed by atoms with Crippen LogP contribution in [0, 0.1) is 0 Å². The van der Waals surface area contributed by atoms with Crippen molar-refractivity contribution >= 4 is 15.9 Å². The first-order valence-corrected chi connectivity index (χ1v) is 6.67. The van der Waals surface area contributed by atoms with Gasteiger partial charge in [-0.25, -0.2) is 8.42 Å². The molecule has 15 heavy (non-hydrogen) atoms.